The molecule has 1 nitrogen and oxygen atoms in total. The smallest absolute Gasteiger partial charge is 0.137 e. The van der Waals surface area contributed by atoms with E-state index in [0.29, 0.717) is 10.4 Å². The minimum atomic E-state index is -0.214. The number of hydrogen-bond acceptors (Lipinski definition) is 1. The lowest BCUT2D eigenvalue weighted by Gasteiger charge is -2.23. The second kappa shape index (κ2) is 6.29. The SMILES string of the molecule is NC1c2ccccc2CCCC1Cc1ccc(F)c(Br)c1. The zero-order chi connectivity index (χ0) is 14.8. The van der Waals surface area contributed by atoms with Crippen molar-refractivity contribution in [3.8, 4) is 0 Å². The molecule has 3 heteroatoms. The average molecular weight is 348 g/mol. The van der Waals surface area contributed by atoms with Gasteiger partial charge in [0.15, 0.2) is 0 Å². The molecule has 3 rings (SSSR count). The van der Waals surface area contributed by atoms with Crippen LogP contribution in [0.1, 0.15) is 35.6 Å². The van der Waals surface area contributed by atoms with Gasteiger partial charge < -0.3 is 5.73 Å². The summed E-state index contributed by atoms with van der Waals surface area (Å²) >= 11 is 3.26. The van der Waals surface area contributed by atoms with Crippen molar-refractivity contribution >= 4 is 15.9 Å². The first-order valence-corrected chi connectivity index (χ1v) is 8.22. The summed E-state index contributed by atoms with van der Waals surface area (Å²) in [7, 11) is 0. The van der Waals surface area contributed by atoms with Crippen LogP contribution in [0.4, 0.5) is 4.39 Å². The van der Waals surface area contributed by atoms with E-state index in [-0.39, 0.29) is 11.9 Å². The number of nitrogens with two attached hydrogens (primary N) is 1. The van der Waals surface area contributed by atoms with Crippen LogP contribution in [0.3, 0.4) is 0 Å². The molecule has 2 N–H and O–H groups in total. The molecular formula is C18H19BrFN. The van der Waals surface area contributed by atoms with Crippen molar-refractivity contribution in [1.29, 1.82) is 0 Å². The molecule has 2 atom stereocenters. The summed E-state index contributed by atoms with van der Waals surface area (Å²) in [6.07, 6.45) is 4.28. The van der Waals surface area contributed by atoms with E-state index in [1.807, 2.05) is 12.1 Å². The minimum Gasteiger partial charge on any atom is -0.324 e. The van der Waals surface area contributed by atoms with Gasteiger partial charge in [0.2, 0.25) is 0 Å². The first kappa shape index (κ1) is 14.7. The van der Waals surface area contributed by atoms with E-state index in [0.717, 1.165) is 31.2 Å². The monoisotopic (exact) mass is 347 g/mol. The molecule has 2 aromatic carbocycles. The number of halogens is 2. The maximum atomic E-state index is 13.3. The standard InChI is InChI=1S/C18H19BrFN/c19-16-11-12(8-9-17(16)20)10-14-6-3-5-13-4-1-2-7-15(13)18(14)21/h1-2,4,7-9,11,14,18H,3,5-6,10,21H2. The quantitative estimate of drug-likeness (QED) is 0.777. The van der Waals surface area contributed by atoms with Crippen molar-refractivity contribution in [2.24, 2.45) is 11.7 Å². The molecular weight excluding hydrogens is 329 g/mol. The van der Waals surface area contributed by atoms with E-state index in [1.54, 1.807) is 0 Å². The van der Waals surface area contributed by atoms with E-state index >= 15 is 0 Å². The summed E-state index contributed by atoms with van der Waals surface area (Å²) in [5, 5.41) is 0. The Bertz CT molecular complexity index is 641. The Balaban J connectivity index is 1.84. The van der Waals surface area contributed by atoms with Gasteiger partial charge in [-0.25, -0.2) is 4.39 Å². The molecule has 0 heterocycles. The second-order valence-electron chi connectivity index (χ2n) is 5.83. The topological polar surface area (TPSA) is 26.0 Å². The molecule has 0 saturated carbocycles. The van der Waals surface area contributed by atoms with Crippen molar-refractivity contribution in [1.82, 2.24) is 0 Å². The first-order chi connectivity index (χ1) is 10.1. The molecule has 0 aliphatic heterocycles. The van der Waals surface area contributed by atoms with E-state index in [1.165, 1.54) is 17.2 Å². The summed E-state index contributed by atoms with van der Waals surface area (Å²) in [5.41, 5.74) is 10.3. The molecule has 2 aromatic rings. The lowest BCUT2D eigenvalue weighted by molar-refractivity contribution is 0.402. The van der Waals surface area contributed by atoms with Crippen LogP contribution in [0.2, 0.25) is 0 Å². The largest absolute Gasteiger partial charge is 0.324 e. The van der Waals surface area contributed by atoms with E-state index in [2.05, 4.69) is 40.2 Å². The highest BCUT2D eigenvalue weighted by molar-refractivity contribution is 9.10. The highest BCUT2D eigenvalue weighted by atomic mass is 79.9. The Morgan fingerprint density at radius 3 is 2.81 bits per heavy atom. The molecule has 0 fully saturated rings. The molecule has 1 aliphatic carbocycles. The van der Waals surface area contributed by atoms with E-state index in [4.69, 9.17) is 5.73 Å². The van der Waals surface area contributed by atoms with Gasteiger partial charge in [-0.1, -0.05) is 30.3 Å². The van der Waals surface area contributed by atoms with E-state index in [9.17, 15) is 4.39 Å². The van der Waals surface area contributed by atoms with Crippen molar-refractivity contribution in [3.05, 3.63) is 69.4 Å². The van der Waals surface area contributed by atoms with Gasteiger partial charge in [-0.05, 0) is 76.4 Å². The predicted molar refractivity (Wildman–Crippen MR) is 87.6 cm³/mol. The summed E-state index contributed by atoms with van der Waals surface area (Å²) in [6, 6.07) is 13.8. The highest BCUT2D eigenvalue weighted by Crippen LogP contribution is 2.34. The van der Waals surface area contributed by atoms with Gasteiger partial charge in [0.1, 0.15) is 5.82 Å². The lowest BCUT2D eigenvalue weighted by atomic mass is 9.86. The molecule has 0 bridgehead atoms. The van der Waals surface area contributed by atoms with Crippen LogP contribution in [0.25, 0.3) is 0 Å². The minimum absolute atomic E-state index is 0.0625. The molecule has 0 radical (unpaired) electrons. The summed E-state index contributed by atoms with van der Waals surface area (Å²) in [6.45, 7) is 0. The third-order valence-electron chi connectivity index (χ3n) is 4.43. The number of hydrogen-bond donors (Lipinski definition) is 1. The lowest BCUT2D eigenvalue weighted by Crippen LogP contribution is -2.22. The first-order valence-electron chi connectivity index (χ1n) is 7.42. The molecule has 0 aromatic heterocycles. The van der Waals surface area contributed by atoms with Gasteiger partial charge in [-0.15, -0.1) is 0 Å². The summed E-state index contributed by atoms with van der Waals surface area (Å²) in [4.78, 5) is 0. The van der Waals surface area contributed by atoms with Crippen LogP contribution < -0.4 is 5.73 Å². The average Bonchev–Trinajstić information content (AvgIpc) is 2.64. The van der Waals surface area contributed by atoms with Gasteiger partial charge in [-0.3, -0.25) is 0 Å². The third kappa shape index (κ3) is 3.19. The zero-order valence-corrected chi connectivity index (χ0v) is 13.4. The van der Waals surface area contributed by atoms with E-state index < -0.39 is 0 Å². The van der Waals surface area contributed by atoms with Gasteiger partial charge in [0.05, 0.1) is 4.47 Å². The molecule has 1 aliphatic rings. The Kier molecular flexibility index (Phi) is 4.41. The van der Waals surface area contributed by atoms with Crippen molar-refractivity contribution < 1.29 is 4.39 Å². The van der Waals surface area contributed by atoms with Crippen LogP contribution in [0, 0.1) is 11.7 Å². The van der Waals surface area contributed by atoms with Gasteiger partial charge >= 0.3 is 0 Å². The number of rotatable bonds is 2. The summed E-state index contributed by atoms with van der Waals surface area (Å²) < 4.78 is 13.9. The van der Waals surface area contributed by atoms with Gasteiger partial charge in [0.25, 0.3) is 0 Å². The molecule has 110 valence electrons. The second-order valence-corrected chi connectivity index (χ2v) is 6.68. The van der Waals surface area contributed by atoms with Crippen molar-refractivity contribution in [2.45, 2.75) is 31.7 Å². The molecule has 0 amide bonds. The van der Waals surface area contributed by atoms with Gasteiger partial charge in [0, 0.05) is 6.04 Å². The fourth-order valence-corrected chi connectivity index (χ4v) is 3.70. The van der Waals surface area contributed by atoms with Crippen molar-refractivity contribution in [2.75, 3.05) is 0 Å². The van der Waals surface area contributed by atoms with Crippen LogP contribution in [-0.2, 0) is 12.8 Å². The number of benzene rings is 2. The zero-order valence-electron chi connectivity index (χ0n) is 11.9. The Morgan fingerprint density at radius 2 is 2.00 bits per heavy atom. The summed E-state index contributed by atoms with van der Waals surface area (Å²) in [5.74, 6) is 0.195. The number of fused-ring (bicyclic) bond motifs is 1. The Labute approximate surface area is 133 Å². The maximum absolute atomic E-state index is 13.3. The fraction of sp³-hybridized carbons (Fsp3) is 0.333. The maximum Gasteiger partial charge on any atom is 0.137 e. The molecule has 0 saturated heterocycles. The molecule has 2 unspecified atom stereocenters. The normalized spacial score (nSPS) is 21.7. The van der Waals surface area contributed by atoms with Crippen LogP contribution in [0.5, 0.6) is 0 Å². The van der Waals surface area contributed by atoms with Crippen LogP contribution >= 0.6 is 15.9 Å². The molecule has 21 heavy (non-hydrogen) atoms. The number of aryl methyl sites for hydroxylation is 1. The molecule has 0 spiro atoms. The predicted octanol–water partition coefficient (Wildman–Crippen LogP) is 4.78. The van der Waals surface area contributed by atoms with Gasteiger partial charge in [-0.2, -0.15) is 0 Å². The third-order valence-corrected chi connectivity index (χ3v) is 5.03. The van der Waals surface area contributed by atoms with Crippen LogP contribution in [0.15, 0.2) is 46.9 Å². The fourth-order valence-electron chi connectivity index (χ4n) is 3.27. The van der Waals surface area contributed by atoms with Crippen molar-refractivity contribution in [3.63, 3.8) is 0 Å². The van der Waals surface area contributed by atoms with Crippen LogP contribution in [-0.4, -0.2) is 0 Å². The Morgan fingerprint density at radius 1 is 1.19 bits per heavy atom. The highest BCUT2D eigenvalue weighted by Gasteiger charge is 2.24. The Hall–Kier alpha value is -1.19.